The number of halogens is 1. The van der Waals surface area contributed by atoms with Crippen molar-refractivity contribution in [2.24, 2.45) is 5.73 Å². The van der Waals surface area contributed by atoms with Gasteiger partial charge in [-0.05, 0) is 25.5 Å². The number of esters is 1. The Labute approximate surface area is 95.2 Å². The van der Waals surface area contributed by atoms with Crippen LogP contribution in [0.2, 0.25) is 0 Å². The number of aromatic nitrogens is 1. The SMILES string of the molecule is CCOC(=O)c1cnc(C)c(CN)c1.Cl. The lowest BCUT2D eigenvalue weighted by Crippen LogP contribution is -2.08. The number of ether oxygens (including phenoxy) is 1. The fraction of sp³-hybridized carbons (Fsp3) is 0.400. The molecule has 0 aromatic carbocycles. The fourth-order valence-corrected chi connectivity index (χ4v) is 1.11. The van der Waals surface area contributed by atoms with E-state index in [1.165, 1.54) is 6.20 Å². The molecule has 0 bridgehead atoms. The third-order valence-corrected chi connectivity index (χ3v) is 1.92. The van der Waals surface area contributed by atoms with Gasteiger partial charge in [-0.1, -0.05) is 0 Å². The molecule has 84 valence electrons. The van der Waals surface area contributed by atoms with E-state index in [4.69, 9.17) is 10.5 Å². The summed E-state index contributed by atoms with van der Waals surface area (Å²) in [6, 6.07) is 1.72. The van der Waals surface area contributed by atoms with Crippen LogP contribution in [0.15, 0.2) is 12.3 Å². The van der Waals surface area contributed by atoms with Crippen molar-refractivity contribution in [1.29, 1.82) is 0 Å². The van der Waals surface area contributed by atoms with Gasteiger partial charge in [-0.3, -0.25) is 4.98 Å². The van der Waals surface area contributed by atoms with Crippen molar-refractivity contribution in [1.82, 2.24) is 4.98 Å². The van der Waals surface area contributed by atoms with Crippen LogP contribution in [-0.2, 0) is 11.3 Å². The summed E-state index contributed by atoms with van der Waals surface area (Å²) in [5.74, 6) is -0.352. The van der Waals surface area contributed by atoms with Crippen molar-refractivity contribution in [2.75, 3.05) is 6.61 Å². The summed E-state index contributed by atoms with van der Waals surface area (Å²) in [6.45, 7) is 4.37. The normalized spacial score (nSPS) is 9.27. The first-order chi connectivity index (χ1) is 6.69. The Kier molecular flexibility index (Phi) is 5.89. The van der Waals surface area contributed by atoms with E-state index in [1.807, 2.05) is 6.92 Å². The van der Waals surface area contributed by atoms with E-state index in [0.717, 1.165) is 11.3 Å². The van der Waals surface area contributed by atoms with E-state index in [-0.39, 0.29) is 18.4 Å². The maximum atomic E-state index is 11.3. The van der Waals surface area contributed by atoms with Crippen LogP contribution in [0.3, 0.4) is 0 Å². The minimum Gasteiger partial charge on any atom is -0.462 e. The van der Waals surface area contributed by atoms with E-state index in [9.17, 15) is 4.79 Å². The van der Waals surface area contributed by atoms with E-state index in [0.29, 0.717) is 18.7 Å². The summed E-state index contributed by atoms with van der Waals surface area (Å²) in [4.78, 5) is 15.4. The summed E-state index contributed by atoms with van der Waals surface area (Å²) < 4.78 is 4.85. The number of hydrogen-bond acceptors (Lipinski definition) is 4. The van der Waals surface area contributed by atoms with Crippen LogP contribution in [0.25, 0.3) is 0 Å². The molecular formula is C10H15ClN2O2. The number of nitrogens with two attached hydrogens (primary N) is 1. The molecule has 0 aliphatic rings. The van der Waals surface area contributed by atoms with Crippen LogP contribution in [0.4, 0.5) is 0 Å². The zero-order valence-electron chi connectivity index (χ0n) is 8.82. The highest BCUT2D eigenvalue weighted by atomic mass is 35.5. The number of carbonyl (C=O) groups is 1. The largest absolute Gasteiger partial charge is 0.462 e. The number of nitrogens with zero attached hydrogens (tertiary/aromatic N) is 1. The van der Waals surface area contributed by atoms with Crippen molar-refractivity contribution in [3.63, 3.8) is 0 Å². The van der Waals surface area contributed by atoms with E-state index in [2.05, 4.69) is 4.98 Å². The predicted octanol–water partition coefficient (Wildman–Crippen LogP) is 1.45. The van der Waals surface area contributed by atoms with Crippen LogP contribution in [0.1, 0.15) is 28.5 Å². The average molecular weight is 231 g/mol. The number of aryl methyl sites for hydroxylation is 1. The summed E-state index contributed by atoms with van der Waals surface area (Å²) in [6.07, 6.45) is 1.51. The molecule has 0 atom stereocenters. The predicted molar refractivity (Wildman–Crippen MR) is 60.1 cm³/mol. The Morgan fingerprint density at radius 1 is 1.60 bits per heavy atom. The number of rotatable bonds is 3. The van der Waals surface area contributed by atoms with Gasteiger partial charge in [0.2, 0.25) is 0 Å². The monoisotopic (exact) mass is 230 g/mol. The van der Waals surface area contributed by atoms with Gasteiger partial charge in [0.15, 0.2) is 0 Å². The average Bonchev–Trinajstić information content (AvgIpc) is 2.19. The molecule has 0 saturated heterocycles. The van der Waals surface area contributed by atoms with E-state index >= 15 is 0 Å². The van der Waals surface area contributed by atoms with Gasteiger partial charge in [0, 0.05) is 18.4 Å². The number of pyridine rings is 1. The minimum atomic E-state index is -0.352. The van der Waals surface area contributed by atoms with Crippen LogP contribution in [0, 0.1) is 6.92 Å². The first-order valence-corrected chi connectivity index (χ1v) is 4.51. The maximum absolute atomic E-state index is 11.3. The Morgan fingerprint density at radius 2 is 2.27 bits per heavy atom. The smallest absolute Gasteiger partial charge is 0.339 e. The van der Waals surface area contributed by atoms with Gasteiger partial charge in [-0.15, -0.1) is 12.4 Å². The molecule has 0 saturated carbocycles. The van der Waals surface area contributed by atoms with Crippen LogP contribution < -0.4 is 5.73 Å². The highest BCUT2D eigenvalue weighted by Crippen LogP contribution is 2.08. The molecule has 0 fully saturated rings. The Bertz CT molecular complexity index is 342. The zero-order valence-corrected chi connectivity index (χ0v) is 9.63. The van der Waals surface area contributed by atoms with Gasteiger partial charge in [0.25, 0.3) is 0 Å². The van der Waals surface area contributed by atoms with Crippen molar-refractivity contribution in [2.45, 2.75) is 20.4 Å². The molecule has 1 heterocycles. The molecular weight excluding hydrogens is 216 g/mol. The highest BCUT2D eigenvalue weighted by molar-refractivity contribution is 5.89. The lowest BCUT2D eigenvalue weighted by Gasteiger charge is -2.05. The topological polar surface area (TPSA) is 65.2 Å². The summed E-state index contributed by atoms with van der Waals surface area (Å²) in [5.41, 5.74) is 7.68. The summed E-state index contributed by atoms with van der Waals surface area (Å²) in [7, 11) is 0. The first kappa shape index (κ1) is 13.9. The quantitative estimate of drug-likeness (QED) is 0.799. The van der Waals surface area contributed by atoms with Crippen molar-refractivity contribution < 1.29 is 9.53 Å². The lowest BCUT2D eigenvalue weighted by atomic mass is 10.1. The second kappa shape index (κ2) is 6.37. The molecule has 0 aliphatic carbocycles. The molecule has 2 N–H and O–H groups in total. The highest BCUT2D eigenvalue weighted by Gasteiger charge is 2.08. The third-order valence-electron chi connectivity index (χ3n) is 1.92. The second-order valence-electron chi connectivity index (χ2n) is 2.89. The second-order valence-corrected chi connectivity index (χ2v) is 2.89. The van der Waals surface area contributed by atoms with Crippen LogP contribution in [0.5, 0.6) is 0 Å². The van der Waals surface area contributed by atoms with Gasteiger partial charge in [-0.2, -0.15) is 0 Å². The molecule has 0 unspecified atom stereocenters. The maximum Gasteiger partial charge on any atom is 0.339 e. The fourth-order valence-electron chi connectivity index (χ4n) is 1.11. The molecule has 5 heteroatoms. The third kappa shape index (κ3) is 3.49. The molecule has 4 nitrogen and oxygen atoms in total. The summed E-state index contributed by atoms with van der Waals surface area (Å²) in [5, 5.41) is 0. The Morgan fingerprint density at radius 3 is 2.80 bits per heavy atom. The zero-order chi connectivity index (χ0) is 10.6. The molecule has 0 aliphatic heterocycles. The number of hydrogen-bond donors (Lipinski definition) is 1. The summed E-state index contributed by atoms with van der Waals surface area (Å²) >= 11 is 0. The Balaban J connectivity index is 0.00000196. The van der Waals surface area contributed by atoms with Crippen LogP contribution in [-0.4, -0.2) is 17.6 Å². The molecule has 0 amide bonds. The van der Waals surface area contributed by atoms with Gasteiger partial charge < -0.3 is 10.5 Å². The molecule has 0 radical (unpaired) electrons. The van der Waals surface area contributed by atoms with E-state index < -0.39 is 0 Å². The van der Waals surface area contributed by atoms with Crippen molar-refractivity contribution >= 4 is 18.4 Å². The van der Waals surface area contributed by atoms with Gasteiger partial charge >= 0.3 is 5.97 Å². The number of carbonyl (C=O) groups excluding carboxylic acids is 1. The van der Waals surface area contributed by atoms with Crippen molar-refractivity contribution in [3.8, 4) is 0 Å². The van der Waals surface area contributed by atoms with Crippen LogP contribution >= 0.6 is 12.4 Å². The molecule has 15 heavy (non-hydrogen) atoms. The van der Waals surface area contributed by atoms with Gasteiger partial charge in [0.05, 0.1) is 12.2 Å². The van der Waals surface area contributed by atoms with Gasteiger partial charge in [0.1, 0.15) is 0 Å². The van der Waals surface area contributed by atoms with E-state index in [1.54, 1.807) is 13.0 Å². The molecule has 0 spiro atoms. The lowest BCUT2D eigenvalue weighted by molar-refractivity contribution is 0.0525. The minimum absolute atomic E-state index is 0. The van der Waals surface area contributed by atoms with Crippen molar-refractivity contribution in [3.05, 3.63) is 29.1 Å². The molecule has 1 aromatic heterocycles. The molecule has 1 rings (SSSR count). The Hall–Kier alpha value is -1.13. The first-order valence-electron chi connectivity index (χ1n) is 4.51. The standard InChI is InChI=1S/C10H14N2O2.ClH/c1-3-14-10(13)9-4-8(5-11)7(2)12-6-9;/h4,6H,3,5,11H2,1-2H3;1H. The molecule has 1 aromatic rings. The van der Waals surface area contributed by atoms with Gasteiger partial charge in [-0.25, -0.2) is 4.79 Å².